The van der Waals surface area contributed by atoms with Gasteiger partial charge in [-0.1, -0.05) is 49.6 Å². The third-order valence-electron chi connectivity index (χ3n) is 6.37. The van der Waals surface area contributed by atoms with Crippen molar-refractivity contribution in [2.24, 2.45) is 0 Å². The van der Waals surface area contributed by atoms with Crippen molar-refractivity contribution in [3.8, 4) is 0 Å². The molecule has 5 nitrogen and oxygen atoms in total. The number of fused-ring (bicyclic) bond motifs is 3. The van der Waals surface area contributed by atoms with Crippen LogP contribution in [-0.4, -0.2) is 30.0 Å². The van der Waals surface area contributed by atoms with Crippen LogP contribution in [0.5, 0.6) is 0 Å². The Hall–Kier alpha value is -2.34. The molecule has 3 heterocycles. The molecule has 0 bridgehead atoms. The zero-order valence-electron chi connectivity index (χ0n) is 16.6. The summed E-state index contributed by atoms with van der Waals surface area (Å²) in [6.45, 7) is 1.05. The molecule has 1 aromatic carbocycles. The molecular weight excluding hydrogens is 382 g/mol. The van der Waals surface area contributed by atoms with Gasteiger partial charge in [0.15, 0.2) is 5.65 Å². The van der Waals surface area contributed by atoms with Crippen molar-refractivity contribution in [1.82, 2.24) is 8.96 Å². The number of hydrogen-bond acceptors (Lipinski definition) is 4. The summed E-state index contributed by atoms with van der Waals surface area (Å²) >= 11 is 0. The summed E-state index contributed by atoms with van der Waals surface area (Å²) in [5.74, 6) is -0.0251. The van der Waals surface area contributed by atoms with Crippen LogP contribution in [0.15, 0.2) is 48.8 Å². The Balaban J connectivity index is 1.57. The summed E-state index contributed by atoms with van der Waals surface area (Å²) in [6, 6.07) is 11.9. The van der Waals surface area contributed by atoms with Crippen LogP contribution in [0.25, 0.3) is 11.0 Å². The molecule has 0 amide bonds. The number of aromatic nitrogens is 2. The zero-order valence-corrected chi connectivity index (χ0v) is 17.4. The first-order valence-electron chi connectivity index (χ1n) is 10.7. The van der Waals surface area contributed by atoms with Gasteiger partial charge in [-0.15, -0.1) is 0 Å². The maximum absolute atomic E-state index is 13.1. The molecule has 0 spiro atoms. The predicted molar refractivity (Wildman–Crippen MR) is 117 cm³/mol. The fourth-order valence-corrected chi connectivity index (χ4v) is 6.41. The Labute approximate surface area is 172 Å². The molecule has 2 aromatic heterocycles. The highest BCUT2D eigenvalue weighted by molar-refractivity contribution is 7.89. The van der Waals surface area contributed by atoms with Crippen LogP contribution in [-0.2, 0) is 22.2 Å². The van der Waals surface area contributed by atoms with Gasteiger partial charge >= 0.3 is 0 Å². The van der Waals surface area contributed by atoms with Crippen molar-refractivity contribution in [3.05, 3.63) is 59.9 Å². The molecule has 0 N–H and O–H groups in total. The fourth-order valence-electron chi connectivity index (χ4n) is 5.00. The highest BCUT2D eigenvalue weighted by Gasteiger charge is 2.29. The topological polar surface area (TPSA) is 55.2 Å². The van der Waals surface area contributed by atoms with Gasteiger partial charge in [0.25, 0.3) is 0 Å². The van der Waals surface area contributed by atoms with Gasteiger partial charge in [0.05, 0.1) is 11.4 Å². The quantitative estimate of drug-likeness (QED) is 0.637. The van der Waals surface area contributed by atoms with Gasteiger partial charge in [0.1, 0.15) is 0 Å². The van der Waals surface area contributed by atoms with Gasteiger partial charge in [-0.3, -0.25) is 0 Å². The van der Waals surface area contributed by atoms with Gasteiger partial charge in [-0.2, -0.15) is 0 Å². The van der Waals surface area contributed by atoms with E-state index in [1.165, 1.54) is 47.3 Å². The molecule has 6 heteroatoms. The van der Waals surface area contributed by atoms with E-state index in [-0.39, 0.29) is 5.75 Å². The van der Waals surface area contributed by atoms with Crippen LogP contribution in [0.1, 0.15) is 49.7 Å². The van der Waals surface area contributed by atoms with E-state index in [0.717, 1.165) is 30.3 Å². The third kappa shape index (κ3) is 3.44. The summed E-state index contributed by atoms with van der Waals surface area (Å²) in [5.41, 5.74) is 3.83. The average molecular weight is 410 g/mol. The Kier molecular flexibility index (Phi) is 4.82. The van der Waals surface area contributed by atoms with E-state index < -0.39 is 10.0 Å². The minimum atomic E-state index is -3.53. The SMILES string of the molecule is O=S(=O)(Cc1ccccc1)n1ccc2c3c(cnc21)CCCN3C1CCCCC1. The Morgan fingerprint density at radius 3 is 2.59 bits per heavy atom. The maximum atomic E-state index is 13.1. The normalized spacial score (nSPS) is 18.1. The van der Waals surface area contributed by atoms with E-state index in [1.807, 2.05) is 42.6 Å². The van der Waals surface area contributed by atoms with Crippen molar-refractivity contribution < 1.29 is 8.42 Å². The second-order valence-electron chi connectivity index (χ2n) is 8.31. The van der Waals surface area contributed by atoms with Gasteiger partial charge in [0.2, 0.25) is 10.0 Å². The molecule has 0 atom stereocenters. The third-order valence-corrected chi connectivity index (χ3v) is 7.96. The van der Waals surface area contributed by atoms with Crippen LogP contribution >= 0.6 is 0 Å². The van der Waals surface area contributed by atoms with Crippen molar-refractivity contribution in [1.29, 1.82) is 0 Å². The van der Waals surface area contributed by atoms with E-state index in [0.29, 0.717) is 11.7 Å². The summed E-state index contributed by atoms with van der Waals surface area (Å²) < 4.78 is 27.7. The van der Waals surface area contributed by atoms with Crippen molar-refractivity contribution >= 4 is 26.7 Å². The highest BCUT2D eigenvalue weighted by atomic mass is 32.2. The molecule has 0 saturated heterocycles. The van der Waals surface area contributed by atoms with E-state index >= 15 is 0 Å². The molecule has 2 aliphatic rings. The number of anilines is 1. The molecule has 1 fully saturated rings. The average Bonchev–Trinajstić information content (AvgIpc) is 3.20. The van der Waals surface area contributed by atoms with Gasteiger partial charge in [0, 0.05) is 30.4 Å². The monoisotopic (exact) mass is 409 g/mol. The van der Waals surface area contributed by atoms with Crippen molar-refractivity contribution in [2.45, 2.75) is 56.7 Å². The first kappa shape index (κ1) is 18.7. The lowest BCUT2D eigenvalue weighted by Crippen LogP contribution is -2.40. The molecule has 0 radical (unpaired) electrons. The number of benzene rings is 1. The molecule has 1 saturated carbocycles. The first-order valence-corrected chi connectivity index (χ1v) is 12.3. The number of pyridine rings is 1. The van der Waals surface area contributed by atoms with Crippen LogP contribution in [0.2, 0.25) is 0 Å². The molecule has 0 unspecified atom stereocenters. The van der Waals surface area contributed by atoms with E-state index in [9.17, 15) is 8.42 Å². The summed E-state index contributed by atoms with van der Waals surface area (Å²) in [7, 11) is -3.53. The summed E-state index contributed by atoms with van der Waals surface area (Å²) in [5, 5.41) is 0.976. The van der Waals surface area contributed by atoms with E-state index in [4.69, 9.17) is 0 Å². The largest absolute Gasteiger partial charge is 0.368 e. The molecule has 5 rings (SSSR count). The number of nitrogens with zero attached hydrogens (tertiary/aromatic N) is 3. The lowest BCUT2D eigenvalue weighted by atomic mass is 9.91. The minimum absolute atomic E-state index is 0.0251. The molecular formula is C23H27N3O2S. The van der Waals surface area contributed by atoms with Crippen LogP contribution in [0.3, 0.4) is 0 Å². The summed E-state index contributed by atoms with van der Waals surface area (Å²) in [4.78, 5) is 7.15. The predicted octanol–water partition coefficient (Wildman–Crippen LogP) is 4.50. The first-order chi connectivity index (χ1) is 14.1. The molecule has 1 aliphatic carbocycles. The molecule has 1 aliphatic heterocycles. The minimum Gasteiger partial charge on any atom is -0.368 e. The van der Waals surface area contributed by atoms with Crippen LogP contribution < -0.4 is 4.90 Å². The molecule has 152 valence electrons. The Morgan fingerprint density at radius 1 is 1.00 bits per heavy atom. The number of aryl methyl sites for hydroxylation is 1. The lowest BCUT2D eigenvalue weighted by Gasteiger charge is -2.40. The van der Waals surface area contributed by atoms with Gasteiger partial charge in [-0.05, 0) is 42.9 Å². The highest BCUT2D eigenvalue weighted by Crippen LogP contribution is 2.38. The van der Waals surface area contributed by atoms with E-state index in [2.05, 4.69) is 9.88 Å². The number of hydrogen-bond donors (Lipinski definition) is 0. The maximum Gasteiger partial charge on any atom is 0.244 e. The van der Waals surface area contributed by atoms with E-state index in [1.54, 1.807) is 6.20 Å². The Bertz CT molecular complexity index is 1120. The van der Waals surface area contributed by atoms with Gasteiger partial charge in [-0.25, -0.2) is 17.4 Å². The second-order valence-corrected chi connectivity index (χ2v) is 10.2. The lowest BCUT2D eigenvalue weighted by molar-refractivity contribution is 0.408. The van der Waals surface area contributed by atoms with Crippen LogP contribution in [0, 0.1) is 0 Å². The van der Waals surface area contributed by atoms with Gasteiger partial charge < -0.3 is 4.90 Å². The molecule has 3 aromatic rings. The zero-order chi connectivity index (χ0) is 19.8. The number of rotatable bonds is 4. The van der Waals surface area contributed by atoms with Crippen molar-refractivity contribution in [3.63, 3.8) is 0 Å². The fraction of sp³-hybridized carbons (Fsp3) is 0.435. The smallest absolute Gasteiger partial charge is 0.244 e. The molecule has 29 heavy (non-hydrogen) atoms. The Morgan fingerprint density at radius 2 is 1.79 bits per heavy atom. The summed E-state index contributed by atoms with van der Waals surface area (Å²) in [6.07, 6.45) is 12.1. The standard InChI is InChI=1S/C23H27N3O2S/c27-29(28,17-18-8-3-1-4-9-18)26-15-13-21-22-19(16-24-23(21)26)10-7-14-25(22)20-11-5-2-6-12-20/h1,3-4,8-9,13,15-16,20H,2,5-7,10-12,14,17H2. The van der Waals surface area contributed by atoms with Crippen LogP contribution in [0.4, 0.5) is 5.69 Å². The second kappa shape index (κ2) is 7.48. The van der Waals surface area contributed by atoms with Crippen molar-refractivity contribution in [2.75, 3.05) is 11.4 Å².